The lowest BCUT2D eigenvalue weighted by atomic mass is 10.1. The maximum Gasteiger partial charge on any atom is 0.221 e. The molecular formula is C14H28N2O. The fraction of sp³-hybridized carbons (Fsp3) is 0.929. The molecule has 0 aromatic heterocycles. The van der Waals surface area contributed by atoms with Gasteiger partial charge in [0.1, 0.15) is 0 Å². The number of carbonyl (C=O) groups excluding carboxylic acids is 1. The molecule has 1 unspecified atom stereocenters. The summed E-state index contributed by atoms with van der Waals surface area (Å²) in [5.41, 5.74) is 0. The molecule has 3 nitrogen and oxygen atoms in total. The smallest absolute Gasteiger partial charge is 0.221 e. The lowest BCUT2D eigenvalue weighted by molar-refractivity contribution is -0.121. The Kier molecular flexibility index (Phi) is 7.25. The zero-order valence-corrected chi connectivity index (χ0v) is 11.4. The van der Waals surface area contributed by atoms with Crippen LogP contribution in [0.3, 0.4) is 0 Å². The van der Waals surface area contributed by atoms with Crippen LogP contribution in [0.1, 0.15) is 65.2 Å². The van der Waals surface area contributed by atoms with Crippen LogP contribution in [0.2, 0.25) is 0 Å². The van der Waals surface area contributed by atoms with Crippen LogP contribution in [0, 0.1) is 0 Å². The molecule has 0 aliphatic heterocycles. The summed E-state index contributed by atoms with van der Waals surface area (Å²) in [6.07, 6.45) is 9.63. The molecular weight excluding hydrogens is 212 g/mol. The van der Waals surface area contributed by atoms with Crippen molar-refractivity contribution in [2.24, 2.45) is 0 Å². The molecule has 1 amide bonds. The number of hydrogen-bond acceptors (Lipinski definition) is 2. The van der Waals surface area contributed by atoms with Gasteiger partial charge in [-0.2, -0.15) is 0 Å². The van der Waals surface area contributed by atoms with Gasteiger partial charge in [-0.1, -0.05) is 32.6 Å². The van der Waals surface area contributed by atoms with E-state index >= 15 is 0 Å². The molecule has 2 N–H and O–H groups in total. The number of nitrogens with one attached hydrogen (secondary N) is 2. The average Bonchev–Trinajstić information content (AvgIpc) is 2.57. The Morgan fingerprint density at radius 1 is 1.24 bits per heavy atom. The highest BCUT2D eigenvalue weighted by Crippen LogP contribution is 2.16. The molecule has 0 radical (unpaired) electrons. The van der Waals surface area contributed by atoms with Crippen molar-refractivity contribution in [2.45, 2.75) is 77.3 Å². The lowest BCUT2D eigenvalue weighted by Gasteiger charge is -2.16. The van der Waals surface area contributed by atoms with Gasteiger partial charge in [-0.3, -0.25) is 4.79 Å². The van der Waals surface area contributed by atoms with Gasteiger partial charge in [0.05, 0.1) is 0 Å². The topological polar surface area (TPSA) is 41.1 Å². The van der Waals surface area contributed by atoms with E-state index in [0.717, 1.165) is 13.0 Å². The standard InChI is InChI=1S/C14H28N2O/c1-3-12(2)16-14(17)10-11-15-13-8-6-4-5-7-9-13/h12-13,15H,3-11H2,1-2H3,(H,16,17). The van der Waals surface area contributed by atoms with Crippen LogP contribution < -0.4 is 10.6 Å². The van der Waals surface area contributed by atoms with Gasteiger partial charge < -0.3 is 10.6 Å². The summed E-state index contributed by atoms with van der Waals surface area (Å²) < 4.78 is 0. The highest BCUT2D eigenvalue weighted by Gasteiger charge is 2.12. The Morgan fingerprint density at radius 3 is 2.47 bits per heavy atom. The normalized spacial score (nSPS) is 19.6. The average molecular weight is 240 g/mol. The largest absolute Gasteiger partial charge is 0.354 e. The summed E-state index contributed by atoms with van der Waals surface area (Å²) in [6.45, 7) is 4.97. The first kappa shape index (κ1) is 14.5. The number of rotatable bonds is 6. The van der Waals surface area contributed by atoms with Gasteiger partial charge in [0, 0.05) is 25.0 Å². The van der Waals surface area contributed by atoms with E-state index in [0.29, 0.717) is 18.5 Å². The fourth-order valence-corrected chi connectivity index (χ4v) is 2.32. The van der Waals surface area contributed by atoms with Crippen LogP contribution in [-0.4, -0.2) is 24.5 Å². The number of carbonyl (C=O) groups is 1. The maximum atomic E-state index is 11.6. The zero-order chi connectivity index (χ0) is 12.5. The minimum absolute atomic E-state index is 0.181. The van der Waals surface area contributed by atoms with Gasteiger partial charge >= 0.3 is 0 Å². The van der Waals surface area contributed by atoms with Crippen molar-refractivity contribution >= 4 is 5.91 Å². The summed E-state index contributed by atoms with van der Waals surface area (Å²) in [4.78, 5) is 11.6. The Labute approximate surface area is 106 Å². The van der Waals surface area contributed by atoms with Gasteiger partial charge in [-0.15, -0.1) is 0 Å². The van der Waals surface area contributed by atoms with Gasteiger partial charge in [-0.05, 0) is 26.2 Å². The van der Waals surface area contributed by atoms with Crippen LogP contribution >= 0.6 is 0 Å². The third-order valence-corrected chi connectivity index (χ3v) is 3.66. The predicted octanol–water partition coefficient (Wildman–Crippen LogP) is 2.60. The maximum absolute atomic E-state index is 11.6. The van der Waals surface area contributed by atoms with Crippen LogP contribution in [-0.2, 0) is 4.79 Å². The monoisotopic (exact) mass is 240 g/mol. The van der Waals surface area contributed by atoms with E-state index in [4.69, 9.17) is 0 Å². The van der Waals surface area contributed by atoms with E-state index in [1.54, 1.807) is 0 Å². The molecule has 0 aromatic rings. The van der Waals surface area contributed by atoms with Crippen molar-refractivity contribution in [1.82, 2.24) is 10.6 Å². The van der Waals surface area contributed by atoms with Gasteiger partial charge in [-0.25, -0.2) is 0 Å². The lowest BCUT2D eigenvalue weighted by Crippen LogP contribution is -2.36. The highest BCUT2D eigenvalue weighted by atomic mass is 16.1. The molecule has 0 saturated heterocycles. The second-order valence-electron chi connectivity index (χ2n) is 5.27. The minimum atomic E-state index is 0.181. The molecule has 3 heteroatoms. The van der Waals surface area contributed by atoms with Crippen molar-refractivity contribution in [2.75, 3.05) is 6.54 Å². The first-order valence-electron chi connectivity index (χ1n) is 7.25. The molecule has 1 aliphatic rings. The summed E-state index contributed by atoms with van der Waals surface area (Å²) in [6, 6.07) is 0.953. The number of hydrogen-bond donors (Lipinski definition) is 2. The second kappa shape index (κ2) is 8.51. The Hall–Kier alpha value is -0.570. The molecule has 0 spiro atoms. The van der Waals surface area contributed by atoms with Crippen LogP contribution in [0.4, 0.5) is 0 Å². The molecule has 17 heavy (non-hydrogen) atoms. The predicted molar refractivity (Wildman–Crippen MR) is 72.0 cm³/mol. The molecule has 1 fully saturated rings. The molecule has 0 bridgehead atoms. The fourth-order valence-electron chi connectivity index (χ4n) is 2.32. The van der Waals surface area contributed by atoms with Gasteiger partial charge in [0.25, 0.3) is 0 Å². The third kappa shape index (κ3) is 6.67. The van der Waals surface area contributed by atoms with Gasteiger partial charge in [0.2, 0.25) is 5.91 Å². The molecule has 0 aromatic carbocycles. The van der Waals surface area contributed by atoms with Crippen molar-refractivity contribution < 1.29 is 4.79 Å². The zero-order valence-electron chi connectivity index (χ0n) is 11.4. The first-order valence-corrected chi connectivity index (χ1v) is 7.25. The van der Waals surface area contributed by atoms with E-state index in [9.17, 15) is 4.79 Å². The molecule has 1 aliphatic carbocycles. The van der Waals surface area contributed by atoms with Crippen molar-refractivity contribution in [1.29, 1.82) is 0 Å². The molecule has 1 rings (SSSR count). The van der Waals surface area contributed by atoms with Crippen LogP contribution in [0.25, 0.3) is 0 Å². The summed E-state index contributed by atoms with van der Waals surface area (Å²) in [5, 5.41) is 6.52. The van der Waals surface area contributed by atoms with Crippen LogP contribution in [0.15, 0.2) is 0 Å². The van der Waals surface area contributed by atoms with Crippen molar-refractivity contribution in [3.05, 3.63) is 0 Å². The molecule has 1 saturated carbocycles. The third-order valence-electron chi connectivity index (χ3n) is 3.66. The van der Waals surface area contributed by atoms with E-state index in [2.05, 4.69) is 24.5 Å². The second-order valence-corrected chi connectivity index (χ2v) is 5.27. The minimum Gasteiger partial charge on any atom is -0.354 e. The van der Waals surface area contributed by atoms with Crippen molar-refractivity contribution in [3.8, 4) is 0 Å². The van der Waals surface area contributed by atoms with Gasteiger partial charge in [0.15, 0.2) is 0 Å². The summed E-state index contributed by atoms with van der Waals surface area (Å²) in [5.74, 6) is 0.181. The Bertz CT molecular complexity index is 210. The Morgan fingerprint density at radius 2 is 1.88 bits per heavy atom. The first-order chi connectivity index (χ1) is 8.22. The summed E-state index contributed by atoms with van der Waals surface area (Å²) >= 11 is 0. The quantitative estimate of drug-likeness (QED) is 0.701. The van der Waals surface area contributed by atoms with Crippen molar-refractivity contribution in [3.63, 3.8) is 0 Å². The highest BCUT2D eigenvalue weighted by molar-refractivity contribution is 5.76. The van der Waals surface area contributed by atoms with E-state index in [-0.39, 0.29) is 5.91 Å². The van der Waals surface area contributed by atoms with E-state index in [1.807, 2.05) is 0 Å². The summed E-state index contributed by atoms with van der Waals surface area (Å²) in [7, 11) is 0. The molecule has 0 heterocycles. The molecule has 1 atom stereocenters. The Balaban J connectivity index is 2.07. The van der Waals surface area contributed by atoms with Crippen LogP contribution in [0.5, 0.6) is 0 Å². The SMILES string of the molecule is CCC(C)NC(=O)CCNC1CCCCCC1. The number of amides is 1. The van der Waals surface area contributed by atoms with E-state index in [1.165, 1.54) is 38.5 Å². The molecule has 100 valence electrons. The van der Waals surface area contributed by atoms with E-state index < -0.39 is 0 Å².